The van der Waals surface area contributed by atoms with Crippen molar-refractivity contribution in [3.8, 4) is 11.1 Å². The average molecular weight is 1110 g/mol. The Balaban J connectivity index is 1.00. The smallest absolute Gasteiger partial charge is 0.253 e. The summed E-state index contributed by atoms with van der Waals surface area (Å²) in [5.74, 6) is -1.05. The number of amides is 6. The van der Waals surface area contributed by atoms with Crippen molar-refractivity contribution in [1.29, 1.82) is 0 Å². The molecule has 15 nitrogen and oxygen atoms in total. The quantitative estimate of drug-likeness (QED) is 0.0625. The first-order valence-corrected chi connectivity index (χ1v) is 30.1. The minimum atomic E-state index is -0.669. The van der Waals surface area contributed by atoms with E-state index < -0.39 is 30.2 Å². The number of nitrogens with one attached hydrogen (secondary N) is 3. The molecule has 7 atom stereocenters. The maximum absolute atomic E-state index is 14.9. The van der Waals surface area contributed by atoms with E-state index in [0.29, 0.717) is 63.0 Å². The van der Waals surface area contributed by atoms with Gasteiger partial charge in [-0.1, -0.05) is 137 Å². The summed E-state index contributed by atoms with van der Waals surface area (Å²) in [6.07, 6.45) is 11.7. The second-order valence-electron chi connectivity index (χ2n) is 23.4. The van der Waals surface area contributed by atoms with Crippen molar-refractivity contribution in [3.05, 3.63) is 131 Å². The molecule has 15 heteroatoms. The zero-order valence-corrected chi connectivity index (χ0v) is 48.9. The second kappa shape index (κ2) is 29.5. The highest BCUT2D eigenvalue weighted by molar-refractivity contribution is 5.96. The number of carbonyl (C=O) groups excluding carboxylic acids is 6. The van der Waals surface area contributed by atoms with Gasteiger partial charge >= 0.3 is 0 Å². The van der Waals surface area contributed by atoms with E-state index in [1.165, 1.54) is 0 Å². The predicted molar refractivity (Wildman–Crippen MR) is 316 cm³/mol. The lowest BCUT2D eigenvalue weighted by Gasteiger charge is -2.38. The van der Waals surface area contributed by atoms with Crippen molar-refractivity contribution in [2.45, 2.75) is 153 Å². The van der Waals surface area contributed by atoms with Crippen LogP contribution >= 0.6 is 0 Å². The molecule has 4 fully saturated rings. The lowest BCUT2D eigenvalue weighted by Crippen LogP contribution is -2.58. The maximum atomic E-state index is 14.9. The van der Waals surface area contributed by atoms with E-state index in [9.17, 15) is 28.8 Å². The monoisotopic (exact) mass is 1110 g/mol. The molecule has 0 aromatic heterocycles. The first-order chi connectivity index (χ1) is 39.3. The lowest BCUT2D eigenvalue weighted by atomic mass is 9.83. The number of likely N-dealkylation sites (N-methyl/N-ethyl adjacent to an activating group) is 1. The predicted octanol–water partition coefficient (Wildman–Crippen LogP) is 8.35. The topological polar surface area (TPSA) is 170 Å². The third kappa shape index (κ3) is 15.6. The minimum Gasteiger partial charge on any atom is -0.379 e. The number of likely N-dealkylation sites (tertiary alicyclic amines) is 2. The van der Waals surface area contributed by atoms with Crippen molar-refractivity contribution in [2.75, 3.05) is 60.5 Å². The molecular weight excluding hydrogens is 1020 g/mol. The molecule has 0 bridgehead atoms. The van der Waals surface area contributed by atoms with Crippen LogP contribution in [0.25, 0.3) is 11.1 Å². The number of nitrogens with zero attached hydrogens (tertiary/aromatic N) is 4. The Labute approximate surface area is 481 Å². The van der Waals surface area contributed by atoms with Crippen LogP contribution in [-0.4, -0.2) is 158 Å². The van der Waals surface area contributed by atoms with Crippen LogP contribution < -0.4 is 16.0 Å². The largest absolute Gasteiger partial charge is 0.379 e. The van der Waals surface area contributed by atoms with Gasteiger partial charge in [-0.25, -0.2) is 0 Å². The molecule has 2 aliphatic carbocycles. The average Bonchev–Trinajstić information content (AvgIpc) is 4.19. The number of carbonyl (C=O) groups is 6. The number of benzene rings is 4. The van der Waals surface area contributed by atoms with E-state index in [1.807, 2.05) is 118 Å². The molecule has 2 saturated carbocycles. The summed E-state index contributed by atoms with van der Waals surface area (Å²) in [5.41, 5.74) is 4.95. The summed E-state index contributed by atoms with van der Waals surface area (Å²) in [5, 5.41) is 9.31. The van der Waals surface area contributed by atoms with Crippen molar-refractivity contribution < 1.29 is 38.2 Å². The van der Waals surface area contributed by atoms with Gasteiger partial charge in [0.1, 0.15) is 12.1 Å². The van der Waals surface area contributed by atoms with Crippen LogP contribution in [0, 0.1) is 17.8 Å². The molecule has 0 spiro atoms. The molecule has 6 amide bonds. The highest BCUT2D eigenvalue weighted by Crippen LogP contribution is 2.33. The third-order valence-electron chi connectivity index (χ3n) is 17.9. The van der Waals surface area contributed by atoms with Gasteiger partial charge in [-0.3, -0.25) is 28.8 Å². The van der Waals surface area contributed by atoms with Gasteiger partial charge in [0.25, 0.3) is 11.8 Å². The van der Waals surface area contributed by atoms with Crippen LogP contribution in [0.4, 0.5) is 0 Å². The molecule has 2 saturated heterocycles. The first kappa shape index (κ1) is 60.7. The molecule has 3 N–H and O–H groups in total. The fourth-order valence-electron chi connectivity index (χ4n) is 12.8. The Hall–Kier alpha value is -6.42. The number of methoxy groups -OCH3 is 2. The van der Waals surface area contributed by atoms with Crippen molar-refractivity contribution in [1.82, 2.24) is 35.6 Å². The molecule has 0 radical (unpaired) electrons. The van der Waals surface area contributed by atoms with Gasteiger partial charge < -0.3 is 45.0 Å². The summed E-state index contributed by atoms with van der Waals surface area (Å²) in [6.45, 7) is 7.79. The van der Waals surface area contributed by atoms with Crippen molar-refractivity contribution in [2.24, 2.45) is 17.8 Å². The van der Waals surface area contributed by atoms with E-state index in [2.05, 4.69) is 40.2 Å². The second-order valence-corrected chi connectivity index (χ2v) is 23.4. The Bertz CT molecular complexity index is 2680. The molecule has 4 aliphatic rings. The molecule has 0 unspecified atom stereocenters. The molecule has 2 aliphatic heterocycles. The summed E-state index contributed by atoms with van der Waals surface area (Å²) in [4.78, 5) is 93.3. The normalized spacial score (nSPS) is 20.8. The Morgan fingerprint density at radius 3 is 1.26 bits per heavy atom. The maximum Gasteiger partial charge on any atom is 0.253 e. The molecule has 2 heterocycles. The molecular formula is C66H89N7O8. The molecule has 4 aromatic carbocycles. The van der Waals surface area contributed by atoms with E-state index >= 15 is 0 Å². The van der Waals surface area contributed by atoms with Gasteiger partial charge in [0, 0.05) is 70.5 Å². The van der Waals surface area contributed by atoms with Gasteiger partial charge in [0.05, 0.1) is 30.3 Å². The Morgan fingerprint density at radius 1 is 0.519 bits per heavy atom. The van der Waals surface area contributed by atoms with E-state index in [4.69, 9.17) is 9.47 Å². The number of hydrogen-bond acceptors (Lipinski definition) is 9. The van der Waals surface area contributed by atoms with Crippen molar-refractivity contribution >= 4 is 35.4 Å². The summed E-state index contributed by atoms with van der Waals surface area (Å²) < 4.78 is 12.1. The fraction of sp³-hybridized carbons (Fsp3) is 0.545. The van der Waals surface area contributed by atoms with Gasteiger partial charge in [0.2, 0.25) is 23.6 Å². The molecule has 8 rings (SSSR count). The van der Waals surface area contributed by atoms with Crippen LogP contribution in [0.2, 0.25) is 0 Å². The zero-order chi connectivity index (χ0) is 57.4. The zero-order valence-electron chi connectivity index (χ0n) is 48.9. The van der Waals surface area contributed by atoms with Crippen LogP contribution in [0.1, 0.15) is 130 Å². The third-order valence-corrected chi connectivity index (χ3v) is 17.9. The van der Waals surface area contributed by atoms with Gasteiger partial charge in [-0.2, -0.15) is 0 Å². The lowest BCUT2D eigenvalue weighted by molar-refractivity contribution is -0.141. The highest BCUT2D eigenvalue weighted by atomic mass is 16.5. The summed E-state index contributed by atoms with van der Waals surface area (Å²) >= 11 is 0. The SMILES string of the molecule is CN[C@@H](C)C(=O)N[C@H](C(=O)N1CC[C@H](OC)[C@H]1CN(CCc1ccccc1)C(=O)c1ccc(-c2ccc(C(=O)N(CCc3ccccc3)C[C@@H]3[C@@H](OC)CCN3C(=O)[C@@H](NC(=O)C(C)C)C3CCCCC3)cc2)cc1)C1CCCCC1. The molecule has 4 aromatic rings. The summed E-state index contributed by atoms with van der Waals surface area (Å²) in [7, 11) is 5.07. The Kier molecular flexibility index (Phi) is 22.1. The van der Waals surface area contributed by atoms with Gasteiger partial charge in [-0.05, 0) is 124 Å². The highest BCUT2D eigenvalue weighted by Gasteiger charge is 2.46. The number of rotatable bonds is 24. The van der Waals surface area contributed by atoms with E-state index in [1.54, 1.807) is 28.2 Å². The van der Waals surface area contributed by atoms with Crippen LogP contribution in [0.3, 0.4) is 0 Å². The van der Waals surface area contributed by atoms with E-state index in [0.717, 1.165) is 86.5 Å². The molecule has 81 heavy (non-hydrogen) atoms. The van der Waals surface area contributed by atoms with Crippen molar-refractivity contribution in [3.63, 3.8) is 0 Å². The van der Waals surface area contributed by atoms with Gasteiger partial charge in [-0.15, -0.1) is 0 Å². The first-order valence-electron chi connectivity index (χ1n) is 30.1. The van der Waals surface area contributed by atoms with Crippen LogP contribution in [0.15, 0.2) is 109 Å². The van der Waals surface area contributed by atoms with Crippen LogP contribution in [-0.2, 0) is 41.5 Å². The standard InChI is InChI=1S/C66H89N7O8/c1-45(2)61(74)68-59(51-23-15-9-16-24-51)65(78)72-41-37-57(80-5)55(72)43-70(39-35-47-19-11-7-12-20-47)63(76)53-31-27-49(28-32-53)50-29-33-54(34-30-50)64(77)71(40-36-48-21-13-8-14-22-48)44-56-58(81-6)38-42-73(56)66(79)60(52-25-17-10-18-26-52)69-62(75)46(3)67-4/h7-8,11-14,19-22,27-34,45-46,51-52,55-60,67H,9-10,15-18,23-26,35-44H2,1-6H3,(H,68,74)(H,69,75)/t46-,55+,56+,57-,58-,59-,60-/m0/s1. The van der Waals surface area contributed by atoms with Gasteiger partial charge in [0.15, 0.2) is 0 Å². The number of hydrogen-bond donors (Lipinski definition) is 3. The number of ether oxygens (including phenoxy) is 2. The Morgan fingerprint density at radius 2 is 0.901 bits per heavy atom. The van der Waals surface area contributed by atoms with Crippen LogP contribution in [0.5, 0.6) is 0 Å². The molecule has 436 valence electrons. The fourth-order valence-corrected chi connectivity index (χ4v) is 12.8. The summed E-state index contributed by atoms with van der Waals surface area (Å²) in [6, 6.07) is 32.6. The van der Waals surface area contributed by atoms with E-state index in [-0.39, 0.29) is 78.5 Å². The minimum absolute atomic E-state index is 0.0271.